The SMILES string of the molecule is Cc1ccc(Oc2ccc(C(=O)N3CCN(Cc4nc5ccc(C(=O)O)cc5n4C[C@@H]4CCO4)CC3)cc2)cc1. The highest BCUT2D eigenvalue weighted by Gasteiger charge is 2.26. The van der Waals surface area contributed by atoms with E-state index in [-0.39, 0.29) is 17.6 Å². The van der Waals surface area contributed by atoms with Gasteiger partial charge in [0.25, 0.3) is 5.91 Å². The van der Waals surface area contributed by atoms with Crippen LogP contribution in [0.5, 0.6) is 11.5 Å². The van der Waals surface area contributed by atoms with Gasteiger partial charge in [-0.3, -0.25) is 9.69 Å². The van der Waals surface area contributed by atoms with Crippen molar-refractivity contribution in [2.75, 3.05) is 32.8 Å². The second kappa shape index (κ2) is 11.1. The first-order valence-corrected chi connectivity index (χ1v) is 13.6. The number of hydrogen-bond acceptors (Lipinski definition) is 6. The number of carbonyl (C=O) groups is 2. The van der Waals surface area contributed by atoms with Gasteiger partial charge in [0.05, 0.1) is 35.8 Å². The summed E-state index contributed by atoms with van der Waals surface area (Å²) in [7, 11) is 0. The minimum Gasteiger partial charge on any atom is -0.478 e. The van der Waals surface area contributed by atoms with Gasteiger partial charge in [-0.05, 0) is 67.9 Å². The van der Waals surface area contributed by atoms with Gasteiger partial charge in [0.15, 0.2) is 0 Å². The molecule has 0 unspecified atom stereocenters. The standard InChI is InChI=1S/C31H32N4O5/c1-21-2-7-24(8-3-21)40-25-9-4-22(5-10-25)30(36)34-15-13-33(14-16-34)20-29-32-27-11-6-23(31(37)38)18-28(27)35(29)19-26-12-17-39-26/h2-11,18,26H,12-17,19-20H2,1H3,(H,37,38)/t26-/m0/s1. The lowest BCUT2D eigenvalue weighted by molar-refractivity contribution is -0.0592. The lowest BCUT2D eigenvalue weighted by Gasteiger charge is -2.35. The molecule has 9 nitrogen and oxygen atoms in total. The van der Waals surface area contributed by atoms with Crippen molar-refractivity contribution in [1.82, 2.24) is 19.4 Å². The Balaban J connectivity index is 1.09. The molecule has 0 aliphatic carbocycles. The number of aryl methyl sites for hydroxylation is 1. The van der Waals surface area contributed by atoms with E-state index in [4.69, 9.17) is 14.5 Å². The number of aromatic nitrogens is 2. The number of rotatable bonds is 8. The third-order valence-electron chi connectivity index (χ3n) is 7.64. The van der Waals surface area contributed by atoms with E-state index in [0.717, 1.165) is 48.7 Å². The van der Waals surface area contributed by atoms with Crippen LogP contribution in [0.4, 0.5) is 0 Å². The molecule has 3 aromatic carbocycles. The maximum Gasteiger partial charge on any atom is 0.335 e. The number of nitrogens with zero attached hydrogens (tertiary/aromatic N) is 4. The summed E-state index contributed by atoms with van der Waals surface area (Å²) in [6.45, 7) is 6.75. The molecule has 0 radical (unpaired) electrons. The van der Waals surface area contributed by atoms with Crippen LogP contribution in [0.2, 0.25) is 0 Å². The van der Waals surface area contributed by atoms with Gasteiger partial charge < -0.3 is 24.0 Å². The lowest BCUT2D eigenvalue weighted by atomic mass is 10.1. The molecule has 2 fully saturated rings. The molecule has 206 valence electrons. The van der Waals surface area contributed by atoms with E-state index >= 15 is 0 Å². The number of benzene rings is 3. The second-order valence-corrected chi connectivity index (χ2v) is 10.4. The molecule has 0 saturated carbocycles. The van der Waals surface area contributed by atoms with Crippen molar-refractivity contribution < 1.29 is 24.2 Å². The Kier molecular flexibility index (Phi) is 7.23. The smallest absolute Gasteiger partial charge is 0.335 e. The highest BCUT2D eigenvalue weighted by molar-refractivity contribution is 5.94. The second-order valence-electron chi connectivity index (χ2n) is 10.4. The van der Waals surface area contributed by atoms with Crippen molar-refractivity contribution in [3.63, 3.8) is 0 Å². The van der Waals surface area contributed by atoms with Gasteiger partial charge >= 0.3 is 5.97 Å². The number of fused-ring (bicyclic) bond motifs is 1. The van der Waals surface area contributed by atoms with Crippen LogP contribution in [0.25, 0.3) is 11.0 Å². The third-order valence-corrected chi connectivity index (χ3v) is 7.64. The van der Waals surface area contributed by atoms with E-state index in [1.54, 1.807) is 18.2 Å². The van der Waals surface area contributed by atoms with Crippen LogP contribution >= 0.6 is 0 Å². The molecule has 1 N–H and O–H groups in total. The first-order chi connectivity index (χ1) is 19.4. The molecule has 2 aliphatic rings. The maximum absolute atomic E-state index is 13.2. The highest BCUT2D eigenvalue weighted by Crippen LogP contribution is 2.25. The molecule has 0 bridgehead atoms. The maximum atomic E-state index is 13.2. The average molecular weight is 541 g/mol. The number of ether oxygens (including phenoxy) is 2. The van der Waals surface area contributed by atoms with Gasteiger partial charge in [-0.15, -0.1) is 0 Å². The average Bonchev–Trinajstić information content (AvgIpc) is 3.28. The zero-order chi connectivity index (χ0) is 27.6. The summed E-state index contributed by atoms with van der Waals surface area (Å²) in [5.41, 5.74) is 3.65. The van der Waals surface area contributed by atoms with Crippen LogP contribution < -0.4 is 4.74 Å². The Labute approximate surface area is 232 Å². The Morgan fingerprint density at radius 1 is 0.950 bits per heavy atom. The molecule has 1 amide bonds. The Hall–Kier alpha value is -4.21. The van der Waals surface area contributed by atoms with Crippen LogP contribution in [0.1, 0.15) is 38.5 Å². The molecule has 1 aromatic heterocycles. The summed E-state index contributed by atoms with van der Waals surface area (Å²) in [4.78, 5) is 33.8. The zero-order valence-electron chi connectivity index (χ0n) is 22.5. The molecule has 1 atom stereocenters. The molecule has 9 heteroatoms. The van der Waals surface area contributed by atoms with Crippen molar-refractivity contribution in [2.45, 2.75) is 32.5 Å². The summed E-state index contributed by atoms with van der Waals surface area (Å²) >= 11 is 0. The number of amides is 1. The largest absolute Gasteiger partial charge is 0.478 e. The third kappa shape index (κ3) is 5.57. The van der Waals surface area contributed by atoms with Gasteiger partial charge in [-0.1, -0.05) is 17.7 Å². The van der Waals surface area contributed by atoms with Crippen molar-refractivity contribution in [1.29, 1.82) is 0 Å². The molecule has 6 rings (SSSR count). The van der Waals surface area contributed by atoms with Crippen LogP contribution in [-0.2, 0) is 17.8 Å². The molecular formula is C31H32N4O5. The van der Waals surface area contributed by atoms with Crippen LogP contribution in [0.15, 0.2) is 66.7 Å². The Morgan fingerprint density at radius 2 is 1.60 bits per heavy atom. The quantitative estimate of drug-likeness (QED) is 0.349. The number of carboxylic acids is 1. The van der Waals surface area contributed by atoms with Gasteiger partial charge in [0.2, 0.25) is 0 Å². The molecule has 2 aliphatic heterocycles. The fourth-order valence-corrected chi connectivity index (χ4v) is 5.16. The molecule has 3 heterocycles. The van der Waals surface area contributed by atoms with Crippen LogP contribution in [-0.4, -0.2) is 75.2 Å². The number of carbonyl (C=O) groups excluding carboxylic acids is 1. The van der Waals surface area contributed by atoms with Gasteiger partial charge in [-0.25, -0.2) is 9.78 Å². The van der Waals surface area contributed by atoms with E-state index in [1.165, 1.54) is 5.56 Å². The summed E-state index contributed by atoms with van der Waals surface area (Å²) < 4.78 is 13.7. The van der Waals surface area contributed by atoms with E-state index in [9.17, 15) is 14.7 Å². The van der Waals surface area contributed by atoms with Crippen LogP contribution in [0, 0.1) is 6.92 Å². The van der Waals surface area contributed by atoms with E-state index in [1.807, 2.05) is 60.4 Å². The van der Waals surface area contributed by atoms with E-state index < -0.39 is 5.97 Å². The molecule has 2 saturated heterocycles. The van der Waals surface area contributed by atoms with Gasteiger partial charge in [-0.2, -0.15) is 0 Å². The summed E-state index contributed by atoms with van der Waals surface area (Å²) in [6.07, 6.45) is 1.10. The Bertz CT molecular complexity index is 1520. The molecule has 40 heavy (non-hydrogen) atoms. The predicted octanol–water partition coefficient (Wildman–Crippen LogP) is 4.58. The topological polar surface area (TPSA) is 97.1 Å². The van der Waals surface area contributed by atoms with Crippen molar-refractivity contribution in [3.05, 3.63) is 89.2 Å². The highest BCUT2D eigenvalue weighted by atomic mass is 16.5. The van der Waals surface area contributed by atoms with Crippen molar-refractivity contribution in [3.8, 4) is 11.5 Å². The fourth-order valence-electron chi connectivity index (χ4n) is 5.16. The molecule has 4 aromatic rings. The zero-order valence-corrected chi connectivity index (χ0v) is 22.5. The first kappa shape index (κ1) is 26.0. The molecular weight excluding hydrogens is 508 g/mol. The summed E-state index contributed by atoms with van der Waals surface area (Å²) in [5, 5.41) is 9.48. The van der Waals surface area contributed by atoms with E-state index in [0.29, 0.717) is 37.5 Å². The monoisotopic (exact) mass is 540 g/mol. The first-order valence-electron chi connectivity index (χ1n) is 13.6. The number of imidazole rings is 1. The lowest BCUT2D eigenvalue weighted by Crippen LogP contribution is -2.48. The van der Waals surface area contributed by atoms with Gasteiger partial charge in [0.1, 0.15) is 17.3 Å². The van der Waals surface area contributed by atoms with Crippen molar-refractivity contribution >= 4 is 22.9 Å². The Morgan fingerprint density at radius 3 is 2.23 bits per heavy atom. The predicted molar refractivity (Wildman–Crippen MR) is 150 cm³/mol. The normalized spacial score (nSPS) is 17.5. The minimum absolute atomic E-state index is 0.0112. The summed E-state index contributed by atoms with van der Waals surface area (Å²) in [5.74, 6) is 1.40. The number of piperazine rings is 1. The number of hydrogen-bond donors (Lipinski definition) is 1. The number of carboxylic acid groups (broad SMARTS) is 1. The van der Waals surface area contributed by atoms with Gasteiger partial charge in [0, 0.05) is 38.3 Å². The minimum atomic E-state index is -0.953. The summed E-state index contributed by atoms with van der Waals surface area (Å²) in [6, 6.07) is 20.2. The number of aromatic carboxylic acids is 1. The molecule has 0 spiro atoms. The van der Waals surface area contributed by atoms with E-state index in [2.05, 4.69) is 9.47 Å². The van der Waals surface area contributed by atoms with Crippen LogP contribution in [0.3, 0.4) is 0 Å². The van der Waals surface area contributed by atoms with Crippen molar-refractivity contribution in [2.24, 2.45) is 0 Å². The fraction of sp³-hybridized carbons (Fsp3) is 0.323.